The van der Waals surface area contributed by atoms with Crippen LogP contribution >= 0.6 is 0 Å². The first-order valence-electron chi connectivity index (χ1n) is 6.28. The van der Waals surface area contributed by atoms with Crippen molar-refractivity contribution < 1.29 is 4.79 Å². The Morgan fingerprint density at radius 3 is 2.82 bits per heavy atom. The van der Waals surface area contributed by atoms with Crippen LogP contribution in [0.15, 0.2) is 24.3 Å². The number of hydrogen-bond donors (Lipinski definition) is 1. The van der Waals surface area contributed by atoms with E-state index in [-0.39, 0.29) is 5.91 Å². The Morgan fingerprint density at radius 2 is 2.18 bits per heavy atom. The fourth-order valence-corrected chi connectivity index (χ4v) is 2.36. The molecule has 2 N–H and O–H groups in total. The van der Waals surface area contributed by atoms with E-state index in [0.29, 0.717) is 18.9 Å². The Balaban J connectivity index is 2.03. The molecule has 0 radical (unpaired) electrons. The summed E-state index contributed by atoms with van der Waals surface area (Å²) in [6.45, 7) is 4.33. The summed E-state index contributed by atoms with van der Waals surface area (Å²) in [4.78, 5) is 13.8. The van der Waals surface area contributed by atoms with Crippen molar-refractivity contribution >= 4 is 5.91 Å². The van der Waals surface area contributed by atoms with Crippen LogP contribution in [0.25, 0.3) is 0 Å². The lowest BCUT2D eigenvalue weighted by molar-refractivity contribution is -0.128. The van der Waals surface area contributed by atoms with Crippen LogP contribution in [0.3, 0.4) is 0 Å². The zero-order valence-electron chi connectivity index (χ0n) is 10.4. The van der Waals surface area contributed by atoms with Gasteiger partial charge in [-0.2, -0.15) is 0 Å². The summed E-state index contributed by atoms with van der Waals surface area (Å²) in [5.74, 6) is 0.829. The van der Waals surface area contributed by atoms with Crippen molar-refractivity contribution in [2.75, 3.05) is 6.54 Å². The molecular weight excluding hydrogens is 212 g/mol. The minimum Gasteiger partial charge on any atom is -0.338 e. The number of benzene rings is 1. The van der Waals surface area contributed by atoms with E-state index in [1.807, 2.05) is 17.0 Å². The van der Waals surface area contributed by atoms with Crippen LogP contribution in [0.1, 0.15) is 30.9 Å². The lowest BCUT2D eigenvalue weighted by atomic mass is 10.1. The van der Waals surface area contributed by atoms with E-state index in [9.17, 15) is 4.79 Å². The zero-order chi connectivity index (χ0) is 12.3. The fraction of sp³-hybridized carbons (Fsp3) is 0.500. The van der Waals surface area contributed by atoms with Gasteiger partial charge in [0, 0.05) is 26.1 Å². The molecular formula is C14H20N2O. The van der Waals surface area contributed by atoms with E-state index in [2.05, 4.69) is 19.1 Å². The number of likely N-dealkylation sites (tertiary alicyclic amines) is 1. The summed E-state index contributed by atoms with van der Waals surface area (Å²) >= 11 is 0. The number of nitrogens with two attached hydrogens (primary N) is 1. The van der Waals surface area contributed by atoms with E-state index in [4.69, 9.17) is 5.73 Å². The van der Waals surface area contributed by atoms with E-state index in [1.54, 1.807) is 0 Å². The van der Waals surface area contributed by atoms with Gasteiger partial charge in [0.15, 0.2) is 0 Å². The molecule has 1 aromatic carbocycles. The van der Waals surface area contributed by atoms with Crippen molar-refractivity contribution in [3.63, 3.8) is 0 Å². The van der Waals surface area contributed by atoms with Gasteiger partial charge in [-0.3, -0.25) is 4.79 Å². The van der Waals surface area contributed by atoms with Crippen LogP contribution in [-0.2, 0) is 17.9 Å². The number of rotatable bonds is 4. The van der Waals surface area contributed by atoms with E-state index >= 15 is 0 Å². The third-order valence-electron chi connectivity index (χ3n) is 3.47. The largest absolute Gasteiger partial charge is 0.338 e. The molecule has 1 aliphatic rings. The van der Waals surface area contributed by atoms with Crippen molar-refractivity contribution in [3.8, 4) is 0 Å². The van der Waals surface area contributed by atoms with Crippen LogP contribution in [0.5, 0.6) is 0 Å². The van der Waals surface area contributed by atoms with Crippen molar-refractivity contribution in [1.82, 2.24) is 4.90 Å². The molecule has 0 saturated carbocycles. The lowest BCUT2D eigenvalue weighted by Crippen LogP contribution is -2.24. The van der Waals surface area contributed by atoms with Gasteiger partial charge in [-0.15, -0.1) is 0 Å². The van der Waals surface area contributed by atoms with E-state index < -0.39 is 0 Å². The average Bonchev–Trinajstić information content (AvgIpc) is 2.70. The number of carbonyl (C=O) groups excluding carboxylic acids is 1. The van der Waals surface area contributed by atoms with Gasteiger partial charge < -0.3 is 10.6 Å². The SMILES string of the molecule is CCC1CC(=O)N(Cc2cccc(CN)c2)C1. The normalized spacial score (nSPS) is 20.0. The van der Waals surface area contributed by atoms with Crippen molar-refractivity contribution in [1.29, 1.82) is 0 Å². The van der Waals surface area contributed by atoms with Crippen LogP contribution in [0.4, 0.5) is 0 Å². The topological polar surface area (TPSA) is 46.3 Å². The molecule has 0 aromatic heterocycles. The van der Waals surface area contributed by atoms with Gasteiger partial charge >= 0.3 is 0 Å². The average molecular weight is 232 g/mol. The molecule has 0 spiro atoms. The summed E-state index contributed by atoms with van der Waals surface area (Å²) in [6, 6.07) is 8.18. The summed E-state index contributed by atoms with van der Waals surface area (Å²) < 4.78 is 0. The highest BCUT2D eigenvalue weighted by molar-refractivity contribution is 5.78. The smallest absolute Gasteiger partial charge is 0.223 e. The highest BCUT2D eigenvalue weighted by Gasteiger charge is 2.27. The monoisotopic (exact) mass is 232 g/mol. The van der Waals surface area contributed by atoms with Gasteiger partial charge in [-0.05, 0) is 17.0 Å². The Bertz CT molecular complexity index is 403. The predicted molar refractivity (Wildman–Crippen MR) is 68.1 cm³/mol. The minimum atomic E-state index is 0.287. The summed E-state index contributed by atoms with van der Waals surface area (Å²) in [5, 5.41) is 0. The number of nitrogens with zero attached hydrogens (tertiary/aromatic N) is 1. The molecule has 0 bridgehead atoms. The maximum atomic E-state index is 11.8. The minimum absolute atomic E-state index is 0.287. The molecule has 92 valence electrons. The molecule has 1 aromatic rings. The first kappa shape index (κ1) is 12.1. The molecule has 2 rings (SSSR count). The Morgan fingerprint density at radius 1 is 1.41 bits per heavy atom. The molecule has 1 saturated heterocycles. The molecule has 1 atom stereocenters. The van der Waals surface area contributed by atoms with Gasteiger partial charge in [0.1, 0.15) is 0 Å². The first-order chi connectivity index (χ1) is 8.22. The Kier molecular flexibility index (Phi) is 3.79. The Labute approximate surface area is 103 Å². The van der Waals surface area contributed by atoms with Crippen molar-refractivity contribution in [2.24, 2.45) is 11.7 Å². The summed E-state index contributed by atoms with van der Waals surface area (Å²) in [6.07, 6.45) is 1.80. The second kappa shape index (κ2) is 5.32. The third kappa shape index (κ3) is 2.86. The van der Waals surface area contributed by atoms with Crippen LogP contribution in [-0.4, -0.2) is 17.4 Å². The fourth-order valence-electron chi connectivity index (χ4n) is 2.36. The van der Waals surface area contributed by atoms with Gasteiger partial charge in [0.2, 0.25) is 5.91 Å². The van der Waals surface area contributed by atoms with E-state index in [1.165, 1.54) is 5.56 Å². The highest BCUT2D eigenvalue weighted by atomic mass is 16.2. The molecule has 1 aliphatic heterocycles. The summed E-state index contributed by atoms with van der Waals surface area (Å²) in [5.41, 5.74) is 7.92. The quantitative estimate of drug-likeness (QED) is 0.862. The van der Waals surface area contributed by atoms with Gasteiger partial charge in [-0.1, -0.05) is 37.6 Å². The molecule has 3 heteroatoms. The first-order valence-corrected chi connectivity index (χ1v) is 6.28. The molecule has 1 heterocycles. The summed E-state index contributed by atoms with van der Waals surface area (Å²) in [7, 11) is 0. The second-order valence-corrected chi connectivity index (χ2v) is 4.78. The number of hydrogen-bond acceptors (Lipinski definition) is 2. The Hall–Kier alpha value is -1.35. The van der Waals surface area contributed by atoms with Crippen LogP contribution < -0.4 is 5.73 Å². The van der Waals surface area contributed by atoms with Crippen LogP contribution in [0.2, 0.25) is 0 Å². The standard InChI is InChI=1S/C14H20N2O/c1-2-11-7-14(17)16(9-11)10-13-5-3-4-12(6-13)8-15/h3-6,11H,2,7-10,15H2,1H3. The molecule has 1 amide bonds. The van der Waals surface area contributed by atoms with Crippen LogP contribution in [0, 0.1) is 5.92 Å². The maximum Gasteiger partial charge on any atom is 0.223 e. The van der Waals surface area contributed by atoms with E-state index in [0.717, 1.165) is 25.1 Å². The molecule has 17 heavy (non-hydrogen) atoms. The number of carbonyl (C=O) groups is 1. The molecule has 1 fully saturated rings. The van der Waals surface area contributed by atoms with Gasteiger partial charge in [0.05, 0.1) is 0 Å². The highest BCUT2D eigenvalue weighted by Crippen LogP contribution is 2.22. The maximum absolute atomic E-state index is 11.8. The predicted octanol–water partition coefficient (Wildman–Crippen LogP) is 1.90. The number of amides is 1. The van der Waals surface area contributed by atoms with Crippen molar-refractivity contribution in [3.05, 3.63) is 35.4 Å². The van der Waals surface area contributed by atoms with Gasteiger partial charge in [0.25, 0.3) is 0 Å². The van der Waals surface area contributed by atoms with Gasteiger partial charge in [-0.25, -0.2) is 0 Å². The zero-order valence-corrected chi connectivity index (χ0v) is 10.4. The second-order valence-electron chi connectivity index (χ2n) is 4.78. The lowest BCUT2D eigenvalue weighted by Gasteiger charge is -2.16. The molecule has 0 aliphatic carbocycles. The molecule has 1 unspecified atom stereocenters. The van der Waals surface area contributed by atoms with Crippen molar-refractivity contribution in [2.45, 2.75) is 32.9 Å². The molecule has 3 nitrogen and oxygen atoms in total. The third-order valence-corrected chi connectivity index (χ3v) is 3.47.